The largest absolute Gasteiger partial charge is 0.457 e. The van der Waals surface area contributed by atoms with Gasteiger partial charge in [0.1, 0.15) is 12.4 Å². The highest BCUT2D eigenvalue weighted by Crippen LogP contribution is 2.17. The maximum Gasteiger partial charge on any atom is 0.338 e. The van der Waals surface area contributed by atoms with E-state index >= 15 is 0 Å². The molecule has 0 saturated carbocycles. The second kappa shape index (κ2) is 5.67. The average Bonchev–Trinajstić information content (AvgIpc) is 2.40. The van der Waals surface area contributed by atoms with Crippen molar-refractivity contribution in [2.45, 2.75) is 6.61 Å². The van der Waals surface area contributed by atoms with Gasteiger partial charge in [0.2, 0.25) is 0 Å². The Morgan fingerprint density at radius 1 is 1.42 bits per heavy atom. The number of nitrogens with zero attached hydrogens (tertiary/aromatic N) is 1. The molecule has 0 atom stereocenters. The molecule has 1 aromatic carbocycles. The van der Waals surface area contributed by atoms with Gasteiger partial charge in [-0.1, -0.05) is 11.6 Å². The van der Waals surface area contributed by atoms with Gasteiger partial charge in [0, 0.05) is 18.0 Å². The first-order valence-corrected chi connectivity index (χ1v) is 5.76. The molecule has 19 heavy (non-hydrogen) atoms. The molecule has 0 bridgehead atoms. The predicted octanol–water partition coefficient (Wildman–Crippen LogP) is 2.81. The molecule has 2 aromatic rings. The lowest BCUT2D eigenvalue weighted by atomic mass is 10.2. The fraction of sp³-hybridized carbons (Fsp3) is 0.0769. The molecule has 4 nitrogen and oxygen atoms in total. The minimum absolute atomic E-state index is 0.0114. The third-order valence-corrected chi connectivity index (χ3v) is 2.79. The van der Waals surface area contributed by atoms with E-state index in [0.717, 1.165) is 6.07 Å². The topological polar surface area (TPSA) is 65.2 Å². The van der Waals surface area contributed by atoms with Gasteiger partial charge in [-0.2, -0.15) is 0 Å². The van der Waals surface area contributed by atoms with E-state index in [4.69, 9.17) is 22.1 Å². The van der Waals surface area contributed by atoms with E-state index in [0.29, 0.717) is 10.6 Å². The molecule has 0 aliphatic heterocycles. The maximum absolute atomic E-state index is 13.0. The van der Waals surface area contributed by atoms with E-state index in [1.54, 1.807) is 12.3 Å². The number of nitrogens with two attached hydrogens (primary N) is 1. The third kappa shape index (κ3) is 3.20. The zero-order valence-electron chi connectivity index (χ0n) is 9.77. The van der Waals surface area contributed by atoms with Crippen LogP contribution < -0.4 is 5.73 Å². The first-order chi connectivity index (χ1) is 9.08. The fourth-order valence-electron chi connectivity index (χ4n) is 1.42. The summed E-state index contributed by atoms with van der Waals surface area (Å²) in [5.41, 5.74) is 6.10. The Morgan fingerprint density at radius 3 is 2.89 bits per heavy atom. The van der Waals surface area contributed by atoms with Crippen LogP contribution in [0.5, 0.6) is 0 Å². The number of aromatic nitrogens is 1. The molecule has 0 aliphatic carbocycles. The van der Waals surface area contributed by atoms with Gasteiger partial charge >= 0.3 is 5.97 Å². The number of halogens is 2. The van der Waals surface area contributed by atoms with Crippen molar-refractivity contribution in [3.63, 3.8) is 0 Å². The quantitative estimate of drug-likeness (QED) is 0.693. The number of nitrogen functional groups attached to an aromatic ring is 1. The van der Waals surface area contributed by atoms with Crippen LogP contribution in [0.2, 0.25) is 5.02 Å². The molecule has 0 radical (unpaired) electrons. The summed E-state index contributed by atoms with van der Waals surface area (Å²) in [5, 5.41) is 0.411. The molecule has 0 fully saturated rings. The Labute approximate surface area is 114 Å². The van der Waals surface area contributed by atoms with Crippen LogP contribution in [0.3, 0.4) is 0 Å². The second-order valence-electron chi connectivity index (χ2n) is 3.78. The molecule has 6 heteroatoms. The number of anilines is 1. The van der Waals surface area contributed by atoms with Gasteiger partial charge in [-0.25, -0.2) is 9.18 Å². The molecule has 1 aromatic heterocycles. The van der Waals surface area contributed by atoms with Crippen LogP contribution in [0.1, 0.15) is 15.9 Å². The molecule has 98 valence electrons. The summed E-state index contributed by atoms with van der Waals surface area (Å²) < 4.78 is 18.0. The summed E-state index contributed by atoms with van der Waals surface area (Å²) in [6.45, 7) is 0.0114. The Kier molecular flexibility index (Phi) is 3.97. The summed E-state index contributed by atoms with van der Waals surface area (Å²) in [6.07, 6.45) is 3.01. The van der Waals surface area contributed by atoms with Crippen molar-refractivity contribution < 1.29 is 13.9 Å². The lowest BCUT2D eigenvalue weighted by molar-refractivity contribution is 0.0473. The SMILES string of the molecule is Nc1cc(C(=O)OCc2ccncc2Cl)ccc1F. The summed E-state index contributed by atoms with van der Waals surface area (Å²) in [4.78, 5) is 15.6. The molecular weight excluding hydrogens is 271 g/mol. The molecule has 0 unspecified atom stereocenters. The Hall–Kier alpha value is -2.14. The number of carbonyl (C=O) groups is 1. The normalized spacial score (nSPS) is 10.2. The molecule has 0 spiro atoms. The van der Waals surface area contributed by atoms with Crippen molar-refractivity contribution in [2.24, 2.45) is 0 Å². The molecule has 0 aliphatic rings. The van der Waals surface area contributed by atoms with Crippen molar-refractivity contribution in [3.05, 3.63) is 58.6 Å². The minimum atomic E-state index is -0.598. The molecular formula is C13H10ClFN2O2. The van der Waals surface area contributed by atoms with Crippen LogP contribution in [0, 0.1) is 5.82 Å². The number of rotatable bonds is 3. The van der Waals surface area contributed by atoms with Gasteiger partial charge in [0.15, 0.2) is 0 Å². The minimum Gasteiger partial charge on any atom is -0.457 e. The van der Waals surface area contributed by atoms with E-state index in [9.17, 15) is 9.18 Å². The van der Waals surface area contributed by atoms with Crippen LogP contribution in [-0.2, 0) is 11.3 Å². The smallest absolute Gasteiger partial charge is 0.338 e. The summed E-state index contributed by atoms with van der Waals surface area (Å²) >= 11 is 5.88. The molecule has 2 N–H and O–H groups in total. The highest BCUT2D eigenvalue weighted by atomic mass is 35.5. The number of hydrogen-bond donors (Lipinski definition) is 1. The standard InChI is InChI=1S/C13H10ClFN2O2/c14-10-6-17-4-3-9(10)7-19-13(18)8-1-2-11(15)12(16)5-8/h1-6H,7,16H2. The first-order valence-electron chi connectivity index (χ1n) is 5.38. The van der Waals surface area contributed by atoms with Crippen molar-refractivity contribution in [2.75, 3.05) is 5.73 Å². The molecule has 0 amide bonds. The van der Waals surface area contributed by atoms with E-state index in [-0.39, 0.29) is 17.9 Å². The van der Waals surface area contributed by atoms with Crippen molar-refractivity contribution >= 4 is 23.3 Å². The lowest BCUT2D eigenvalue weighted by Crippen LogP contribution is -2.06. The highest BCUT2D eigenvalue weighted by Gasteiger charge is 2.10. The lowest BCUT2D eigenvalue weighted by Gasteiger charge is -2.07. The van der Waals surface area contributed by atoms with Crippen molar-refractivity contribution in [1.29, 1.82) is 0 Å². The number of benzene rings is 1. The fourth-order valence-corrected chi connectivity index (χ4v) is 1.59. The number of carbonyl (C=O) groups excluding carboxylic acids is 1. The van der Waals surface area contributed by atoms with Crippen LogP contribution >= 0.6 is 11.6 Å². The zero-order valence-corrected chi connectivity index (χ0v) is 10.5. The highest BCUT2D eigenvalue weighted by molar-refractivity contribution is 6.31. The summed E-state index contributed by atoms with van der Waals surface area (Å²) in [5.74, 6) is -1.17. The van der Waals surface area contributed by atoms with Crippen LogP contribution in [0.15, 0.2) is 36.7 Å². The van der Waals surface area contributed by atoms with Crippen LogP contribution in [-0.4, -0.2) is 11.0 Å². The zero-order chi connectivity index (χ0) is 13.8. The van der Waals surface area contributed by atoms with Gasteiger partial charge in [0.25, 0.3) is 0 Å². The van der Waals surface area contributed by atoms with Gasteiger partial charge in [0.05, 0.1) is 16.3 Å². The Morgan fingerprint density at radius 2 is 2.21 bits per heavy atom. The molecule has 2 rings (SSSR count). The summed E-state index contributed by atoms with van der Waals surface area (Å²) in [7, 11) is 0. The molecule has 0 saturated heterocycles. The number of esters is 1. The molecule has 1 heterocycles. The maximum atomic E-state index is 13.0. The predicted molar refractivity (Wildman–Crippen MR) is 69.2 cm³/mol. The van der Waals surface area contributed by atoms with Crippen molar-refractivity contribution in [1.82, 2.24) is 4.98 Å². The van der Waals surface area contributed by atoms with Gasteiger partial charge in [-0.3, -0.25) is 4.98 Å². The monoisotopic (exact) mass is 280 g/mol. The number of ether oxygens (including phenoxy) is 1. The first kappa shape index (κ1) is 13.3. The van der Waals surface area contributed by atoms with Gasteiger partial charge in [-0.15, -0.1) is 0 Å². The van der Waals surface area contributed by atoms with Gasteiger partial charge in [-0.05, 0) is 24.3 Å². The van der Waals surface area contributed by atoms with E-state index in [1.807, 2.05) is 0 Å². The van der Waals surface area contributed by atoms with E-state index in [1.165, 1.54) is 18.3 Å². The average molecular weight is 281 g/mol. The van der Waals surface area contributed by atoms with Gasteiger partial charge < -0.3 is 10.5 Å². The summed E-state index contributed by atoms with van der Waals surface area (Å²) in [6, 6.07) is 5.30. The van der Waals surface area contributed by atoms with E-state index < -0.39 is 11.8 Å². The van der Waals surface area contributed by atoms with Crippen LogP contribution in [0.4, 0.5) is 10.1 Å². The van der Waals surface area contributed by atoms with Crippen molar-refractivity contribution in [3.8, 4) is 0 Å². The second-order valence-corrected chi connectivity index (χ2v) is 4.19. The Balaban J connectivity index is 2.05. The number of pyridine rings is 1. The van der Waals surface area contributed by atoms with Crippen LogP contribution in [0.25, 0.3) is 0 Å². The van der Waals surface area contributed by atoms with E-state index in [2.05, 4.69) is 4.98 Å². The Bertz CT molecular complexity index is 619. The number of hydrogen-bond acceptors (Lipinski definition) is 4. The third-order valence-electron chi connectivity index (χ3n) is 2.45.